The maximum atomic E-state index is 14.2. The topological polar surface area (TPSA) is 96.1 Å². The molecule has 1 aromatic carbocycles. The molecule has 0 atom stereocenters. The van der Waals surface area contributed by atoms with Crippen LogP contribution >= 0.6 is 22.9 Å². The Kier molecular flexibility index (Phi) is 7.24. The number of nitrogens with zero attached hydrogens (tertiary/aromatic N) is 6. The van der Waals surface area contributed by atoms with E-state index < -0.39 is 11.8 Å². The highest BCUT2D eigenvalue weighted by atomic mass is 35.5. The Labute approximate surface area is 256 Å². The van der Waals surface area contributed by atoms with E-state index in [-0.39, 0.29) is 17.4 Å². The number of hydrogen-bond acceptors (Lipinski definition) is 8. The summed E-state index contributed by atoms with van der Waals surface area (Å²) < 4.78 is 22.1. The summed E-state index contributed by atoms with van der Waals surface area (Å²) in [6, 6.07) is 12.0. The molecule has 3 aliphatic heterocycles. The number of imidazole rings is 1. The van der Waals surface area contributed by atoms with Crippen LogP contribution in [0.4, 0.5) is 9.39 Å². The van der Waals surface area contributed by atoms with Crippen LogP contribution in [0.2, 0.25) is 5.02 Å². The monoisotopic (exact) mass is 618 g/mol. The van der Waals surface area contributed by atoms with Crippen molar-refractivity contribution in [2.45, 2.75) is 38.8 Å². The first-order valence-corrected chi connectivity index (χ1v) is 15.2. The van der Waals surface area contributed by atoms with Gasteiger partial charge in [0.05, 0.1) is 37.0 Å². The Morgan fingerprint density at radius 2 is 2.05 bits per heavy atom. The highest BCUT2D eigenvalue weighted by Crippen LogP contribution is 2.45. The number of amidine groups is 1. The Morgan fingerprint density at radius 1 is 1.21 bits per heavy atom. The molecule has 3 aliphatic rings. The number of ether oxygens (including phenoxy) is 1. The van der Waals surface area contributed by atoms with Crippen molar-refractivity contribution in [1.29, 1.82) is 0 Å². The molecule has 0 radical (unpaired) electrons. The van der Waals surface area contributed by atoms with Gasteiger partial charge in [0.25, 0.3) is 0 Å². The summed E-state index contributed by atoms with van der Waals surface area (Å²) >= 11 is 7.07. The van der Waals surface area contributed by atoms with Gasteiger partial charge in [-0.1, -0.05) is 23.7 Å². The van der Waals surface area contributed by atoms with Crippen LogP contribution in [0.1, 0.15) is 57.9 Å². The number of rotatable bonds is 7. The fraction of sp³-hybridized carbons (Fsp3) is 0.290. The minimum atomic E-state index is -0.942. The number of thiophene rings is 1. The SMILES string of the molecule is CC1=C2c3cc(C(=O)O)sc3N=C(CN3CCC(c4cccc(OCc5ccc(Cl)cc5F)n4)CC3)N2Cc2cncn21. The van der Waals surface area contributed by atoms with Gasteiger partial charge in [0.1, 0.15) is 28.1 Å². The smallest absolute Gasteiger partial charge is 0.345 e. The Morgan fingerprint density at radius 3 is 2.84 bits per heavy atom. The number of benzene rings is 1. The minimum Gasteiger partial charge on any atom is -0.477 e. The number of pyridine rings is 1. The van der Waals surface area contributed by atoms with Gasteiger partial charge in [0.2, 0.25) is 5.88 Å². The van der Waals surface area contributed by atoms with Crippen molar-refractivity contribution in [2.24, 2.45) is 4.99 Å². The standard InChI is InChI=1S/C31H28ClFN6O3S/c1-18-29-23-12-26(31(40)41)43-30(23)36-27(38(29)14-22-13-34-17-39(18)22)15-37-9-7-19(8-10-37)25-3-2-4-28(35-25)42-16-20-5-6-21(32)11-24(20)33/h2-6,11-13,17,19H,7-10,14-16H2,1H3,(H,40,41). The second kappa shape index (κ2) is 11.2. The average Bonchev–Trinajstić information content (AvgIpc) is 3.65. The molecule has 0 aliphatic carbocycles. The molecule has 0 unspecified atom stereocenters. The van der Waals surface area contributed by atoms with Crippen molar-refractivity contribution < 1.29 is 19.0 Å². The second-order valence-corrected chi connectivity index (χ2v) is 12.4. The predicted molar refractivity (Wildman–Crippen MR) is 163 cm³/mol. The van der Waals surface area contributed by atoms with E-state index in [2.05, 4.69) is 19.4 Å². The van der Waals surface area contributed by atoms with Crippen LogP contribution in [0, 0.1) is 5.82 Å². The molecule has 0 saturated carbocycles. The molecule has 7 rings (SSSR count). The van der Waals surface area contributed by atoms with Crippen LogP contribution in [-0.4, -0.2) is 60.9 Å². The van der Waals surface area contributed by atoms with Crippen LogP contribution in [0.15, 0.2) is 60.0 Å². The summed E-state index contributed by atoms with van der Waals surface area (Å²) in [5.41, 5.74) is 5.32. The van der Waals surface area contributed by atoms with Crippen molar-refractivity contribution in [1.82, 2.24) is 24.3 Å². The highest BCUT2D eigenvalue weighted by molar-refractivity contribution is 7.18. The molecule has 1 fully saturated rings. The molecule has 1 N–H and O–H groups in total. The van der Waals surface area contributed by atoms with Crippen LogP contribution < -0.4 is 4.74 Å². The number of hydrogen-bond donors (Lipinski definition) is 1. The van der Waals surface area contributed by atoms with Crippen LogP contribution in [0.5, 0.6) is 5.88 Å². The molecule has 3 aromatic heterocycles. The summed E-state index contributed by atoms with van der Waals surface area (Å²) in [6.07, 6.45) is 5.53. The van der Waals surface area contributed by atoms with Gasteiger partial charge in [0.15, 0.2) is 0 Å². The molecule has 9 nitrogen and oxygen atoms in total. The van der Waals surface area contributed by atoms with Crippen molar-refractivity contribution in [2.75, 3.05) is 19.6 Å². The van der Waals surface area contributed by atoms with Gasteiger partial charge in [-0.2, -0.15) is 0 Å². The van der Waals surface area contributed by atoms with Crippen molar-refractivity contribution in [3.8, 4) is 5.88 Å². The first-order chi connectivity index (χ1) is 20.8. The van der Waals surface area contributed by atoms with Gasteiger partial charge in [-0.05, 0) is 57.1 Å². The van der Waals surface area contributed by atoms with E-state index in [4.69, 9.17) is 26.3 Å². The van der Waals surface area contributed by atoms with E-state index in [1.807, 2.05) is 25.3 Å². The fourth-order valence-electron chi connectivity index (χ4n) is 6.01. The lowest BCUT2D eigenvalue weighted by molar-refractivity contribution is 0.0702. The first kappa shape index (κ1) is 27.8. The van der Waals surface area contributed by atoms with E-state index >= 15 is 0 Å². The largest absolute Gasteiger partial charge is 0.477 e. The van der Waals surface area contributed by atoms with Gasteiger partial charge < -0.3 is 19.3 Å². The Bertz CT molecular complexity index is 1790. The van der Waals surface area contributed by atoms with Gasteiger partial charge >= 0.3 is 5.97 Å². The molecule has 1 saturated heterocycles. The number of carbonyl (C=O) groups is 1. The molecule has 0 spiro atoms. The molecular formula is C31H28ClFN6O3S. The lowest BCUT2D eigenvalue weighted by atomic mass is 9.93. The number of allylic oxidation sites excluding steroid dienone is 1. The molecule has 0 amide bonds. The summed E-state index contributed by atoms with van der Waals surface area (Å²) in [6.45, 7) is 5.13. The lowest BCUT2D eigenvalue weighted by Crippen LogP contribution is -2.44. The summed E-state index contributed by atoms with van der Waals surface area (Å²) in [5.74, 6) is 0.322. The number of carboxylic acid groups (broad SMARTS) is 1. The molecule has 12 heteroatoms. The minimum absolute atomic E-state index is 0.0765. The van der Waals surface area contributed by atoms with E-state index in [0.29, 0.717) is 29.6 Å². The van der Waals surface area contributed by atoms with Crippen molar-refractivity contribution >= 4 is 51.1 Å². The van der Waals surface area contributed by atoms with E-state index in [0.717, 1.165) is 65.1 Å². The maximum absolute atomic E-state index is 14.2. The number of fused-ring (bicyclic) bond motifs is 4. The van der Waals surface area contributed by atoms with Crippen molar-refractivity contribution in [3.63, 3.8) is 0 Å². The number of piperidine rings is 1. The van der Waals surface area contributed by atoms with Gasteiger partial charge in [0, 0.05) is 39.5 Å². The maximum Gasteiger partial charge on any atom is 0.345 e. The molecule has 6 heterocycles. The Balaban J connectivity index is 1.05. The van der Waals surface area contributed by atoms with Crippen molar-refractivity contribution in [3.05, 3.63) is 93.2 Å². The number of carboxylic acids is 1. The predicted octanol–water partition coefficient (Wildman–Crippen LogP) is 6.49. The zero-order valence-corrected chi connectivity index (χ0v) is 24.9. The molecule has 220 valence electrons. The second-order valence-electron chi connectivity index (χ2n) is 10.9. The van der Waals surface area contributed by atoms with E-state index in [1.165, 1.54) is 17.4 Å². The summed E-state index contributed by atoms with van der Waals surface area (Å²) in [5, 5.41) is 10.7. The molecular weight excluding hydrogens is 591 g/mol. The van der Waals surface area contributed by atoms with E-state index in [9.17, 15) is 14.3 Å². The number of aliphatic imine (C=N–C) groups is 1. The molecule has 0 bridgehead atoms. The Hall–Kier alpha value is -4.06. The quantitative estimate of drug-likeness (QED) is 0.253. The lowest BCUT2D eigenvalue weighted by Gasteiger charge is -2.39. The number of aromatic nitrogens is 3. The first-order valence-electron chi connectivity index (χ1n) is 14.0. The fourth-order valence-corrected chi connectivity index (χ4v) is 7.05. The summed E-state index contributed by atoms with van der Waals surface area (Å²) in [4.78, 5) is 30.8. The average molecular weight is 619 g/mol. The number of aromatic carboxylic acids is 1. The number of halogens is 2. The normalized spacial score (nSPS) is 16.9. The van der Waals surface area contributed by atoms with Crippen LogP contribution in [0.25, 0.3) is 11.4 Å². The van der Waals surface area contributed by atoms with Crippen LogP contribution in [-0.2, 0) is 13.2 Å². The third-order valence-electron chi connectivity index (χ3n) is 8.24. The van der Waals surface area contributed by atoms with Gasteiger partial charge in [-0.25, -0.2) is 24.1 Å². The van der Waals surface area contributed by atoms with Gasteiger partial charge in [-0.15, -0.1) is 11.3 Å². The third kappa shape index (κ3) is 5.32. The molecule has 4 aromatic rings. The zero-order valence-electron chi connectivity index (χ0n) is 23.3. The summed E-state index contributed by atoms with van der Waals surface area (Å²) in [7, 11) is 0. The highest BCUT2D eigenvalue weighted by Gasteiger charge is 2.35. The number of likely N-dealkylation sites (tertiary alicyclic amines) is 1. The van der Waals surface area contributed by atoms with E-state index in [1.54, 1.807) is 30.6 Å². The van der Waals surface area contributed by atoms with Gasteiger partial charge in [-0.3, -0.25) is 4.90 Å². The van der Waals surface area contributed by atoms with Crippen LogP contribution in [0.3, 0.4) is 0 Å². The third-order valence-corrected chi connectivity index (χ3v) is 9.49. The molecule has 43 heavy (non-hydrogen) atoms. The zero-order chi connectivity index (χ0) is 29.7.